The third kappa shape index (κ3) is 3.64. The van der Waals surface area contributed by atoms with Crippen LogP contribution in [0.25, 0.3) is 0 Å². The molecule has 1 aromatic rings. The van der Waals surface area contributed by atoms with E-state index in [9.17, 15) is 13.2 Å². The number of H-pyrrole nitrogens is 1. The highest BCUT2D eigenvalue weighted by Crippen LogP contribution is 2.26. The zero-order chi connectivity index (χ0) is 15.5. The topological polar surface area (TPSA) is 83.1 Å². The molecule has 2 atom stereocenters. The van der Waals surface area contributed by atoms with Gasteiger partial charge in [0.2, 0.25) is 5.91 Å². The summed E-state index contributed by atoms with van der Waals surface area (Å²) >= 11 is 0. The fourth-order valence-electron chi connectivity index (χ4n) is 2.80. The van der Waals surface area contributed by atoms with Gasteiger partial charge in [0.25, 0.3) is 0 Å². The van der Waals surface area contributed by atoms with Crippen molar-refractivity contribution in [2.24, 2.45) is 0 Å². The molecule has 1 aliphatic heterocycles. The number of nitrogens with zero attached hydrogens (tertiary/aromatic N) is 2. The second-order valence-corrected chi connectivity index (χ2v) is 8.09. The van der Waals surface area contributed by atoms with E-state index in [0.717, 1.165) is 18.5 Å². The van der Waals surface area contributed by atoms with E-state index in [-0.39, 0.29) is 17.6 Å². The number of likely N-dealkylation sites (tertiary alicyclic amines) is 1. The van der Waals surface area contributed by atoms with Gasteiger partial charge in [-0.15, -0.1) is 0 Å². The third-order valence-corrected chi connectivity index (χ3v) is 6.33. The number of nitrogens with one attached hydrogen (secondary N) is 1. The molecule has 0 aromatic carbocycles. The van der Waals surface area contributed by atoms with Gasteiger partial charge >= 0.3 is 0 Å². The van der Waals surface area contributed by atoms with E-state index in [0.29, 0.717) is 19.5 Å². The maximum Gasteiger partial charge on any atom is 0.240 e. The fourth-order valence-corrected chi connectivity index (χ4v) is 4.18. The molecule has 0 radical (unpaired) electrons. The van der Waals surface area contributed by atoms with Crippen molar-refractivity contribution in [1.29, 1.82) is 0 Å². The molecular formula is C14H23N3O3S. The van der Waals surface area contributed by atoms with Gasteiger partial charge in [0, 0.05) is 30.9 Å². The molecule has 7 heteroatoms. The average Bonchev–Trinajstić information content (AvgIpc) is 3.00. The second-order valence-electron chi connectivity index (χ2n) is 5.64. The molecule has 1 saturated heterocycles. The Morgan fingerprint density at radius 2 is 2.33 bits per heavy atom. The van der Waals surface area contributed by atoms with Crippen molar-refractivity contribution in [3.63, 3.8) is 0 Å². The summed E-state index contributed by atoms with van der Waals surface area (Å²) in [6.07, 6.45) is 4.11. The molecule has 6 nitrogen and oxygen atoms in total. The smallest absolute Gasteiger partial charge is 0.240 e. The van der Waals surface area contributed by atoms with Crippen molar-refractivity contribution in [3.8, 4) is 0 Å². The van der Waals surface area contributed by atoms with Crippen molar-refractivity contribution < 1.29 is 13.2 Å². The predicted molar refractivity (Wildman–Crippen MR) is 80.7 cm³/mol. The molecule has 0 aliphatic carbocycles. The summed E-state index contributed by atoms with van der Waals surface area (Å²) < 4.78 is 24.1. The number of amides is 1. The van der Waals surface area contributed by atoms with Crippen molar-refractivity contribution in [1.82, 2.24) is 15.1 Å². The number of aromatic nitrogens is 2. The molecule has 1 amide bonds. The number of hydrogen-bond acceptors (Lipinski definition) is 4. The van der Waals surface area contributed by atoms with Crippen molar-refractivity contribution >= 4 is 15.7 Å². The summed E-state index contributed by atoms with van der Waals surface area (Å²) in [5, 5.41) is 5.94. The van der Waals surface area contributed by atoms with E-state index in [1.165, 1.54) is 6.92 Å². The lowest BCUT2D eigenvalue weighted by Crippen LogP contribution is -2.46. The maximum atomic E-state index is 12.5. The van der Waals surface area contributed by atoms with Crippen LogP contribution in [0.2, 0.25) is 0 Å². The molecule has 2 rings (SSSR count). The molecule has 0 spiro atoms. The summed E-state index contributed by atoms with van der Waals surface area (Å²) in [5.41, 5.74) is 1.01. The Bertz CT molecular complexity index is 568. The zero-order valence-corrected chi connectivity index (χ0v) is 13.4. The number of carbonyl (C=O) groups is 1. The van der Waals surface area contributed by atoms with E-state index in [1.54, 1.807) is 11.1 Å². The highest BCUT2D eigenvalue weighted by molar-refractivity contribution is 7.92. The monoisotopic (exact) mass is 313 g/mol. The van der Waals surface area contributed by atoms with E-state index < -0.39 is 15.1 Å². The largest absolute Gasteiger partial charge is 0.341 e. The summed E-state index contributed by atoms with van der Waals surface area (Å²) in [6.45, 7) is 4.51. The fraction of sp³-hybridized carbons (Fsp3) is 0.714. The number of aromatic amines is 1. The van der Waals surface area contributed by atoms with Crippen LogP contribution in [-0.2, 0) is 14.6 Å². The average molecular weight is 313 g/mol. The predicted octanol–water partition coefficient (Wildman–Crippen LogP) is 1.33. The van der Waals surface area contributed by atoms with Crippen LogP contribution in [0.3, 0.4) is 0 Å². The molecule has 0 saturated carbocycles. The van der Waals surface area contributed by atoms with Gasteiger partial charge in [0.1, 0.15) is 5.25 Å². The lowest BCUT2D eigenvalue weighted by molar-refractivity contribution is -0.131. The number of carbonyl (C=O) groups excluding carboxylic acids is 1. The number of piperidine rings is 1. The normalized spacial score (nSPS) is 21.2. The van der Waals surface area contributed by atoms with Gasteiger partial charge in [-0.25, -0.2) is 8.42 Å². The number of rotatable bonds is 5. The van der Waals surface area contributed by atoms with E-state index in [1.807, 2.05) is 13.0 Å². The molecule has 1 N–H and O–H groups in total. The molecule has 1 fully saturated rings. The van der Waals surface area contributed by atoms with Gasteiger partial charge in [0.15, 0.2) is 9.84 Å². The lowest BCUT2D eigenvalue weighted by atomic mass is 9.95. The first-order valence-corrected chi connectivity index (χ1v) is 9.17. The van der Waals surface area contributed by atoms with Crippen molar-refractivity contribution in [2.75, 3.05) is 18.8 Å². The molecular weight excluding hydrogens is 290 g/mol. The van der Waals surface area contributed by atoms with Crippen LogP contribution in [-0.4, -0.2) is 53.5 Å². The lowest BCUT2D eigenvalue weighted by Gasteiger charge is -2.33. The van der Waals surface area contributed by atoms with Crippen LogP contribution in [0.4, 0.5) is 0 Å². The number of sulfone groups is 1. The third-order valence-electron chi connectivity index (χ3n) is 4.07. The van der Waals surface area contributed by atoms with Gasteiger partial charge in [0.05, 0.1) is 5.75 Å². The van der Waals surface area contributed by atoms with E-state index >= 15 is 0 Å². The van der Waals surface area contributed by atoms with Crippen LogP contribution in [0.15, 0.2) is 12.3 Å². The van der Waals surface area contributed by atoms with Crippen LogP contribution in [0.5, 0.6) is 0 Å². The Balaban J connectivity index is 2.05. The van der Waals surface area contributed by atoms with Crippen LogP contribution in [0.1, 0.15) is 44.7 Å². The molecule has 118 valence electrons. The molecule has 1 aliphatic rings. The van der Waals surface area contributed by atoms with Gasteiger partial charge in [-0.2, -0.15) is 5.10 Å². The maximum absolute atomic E-state index is 12.5. The summed E-state index contributed by atoms with van der Waals surface area (Å²) in [6, 6.07) is 1.91. The molecule has 2 unspecified atom stereocenters. The quantitative estimate of drug-likeness (QED) is 0.889. The molecule has 21 heavy (non-hydrogen) atoms. The van der Waals surface area contributed by atoms with Gasteiger partial charge < -0.3 is 4.90 Å². The first-order valence-electron chi connectivity index (χ1n) is 7.45. The van der Waals surface area contributed by atoms with Crippen LogP contribution >= 0.6 is 0 Å². The Labute approximate surface area is 125 Å². The highest BCUT2D eigenvalue weighted by atomic mass is 32.2. The van der Waals surface area contributed by atoms with E-state index in [2.05, 4.69) is 10.2 Å². The Hall–Kier alpha value is -1.37. The van der Waals surface area contributed by atoms with E-state index in [4.69, 9.17) is 0 Å². The van der Waals surface area contributed by atoms with Gasteiger partial charge in [-0.3, -0.25) is 9.89 Å². The van der Waals surface area contributed by atoms with Crippen LogP contribution in [0, 0.1) is 0 Å². The van der Waals surface area contributed by atoms with Crippen molar-refractivity contribution in [2.45, 2.75) is 44.3 Å². The minimum atomic E-state index is -3.34. The summed E-state index contributed by atoms with van der Waals surface area (Å²) in [7, 11) is -3.34. The summed E-state index contributed by atoms with van der Waals surface area (Å²) in [4.78, 5) is 14.1. The second kappa shape index (κ2) is 6.60. The molecule has 2 heterocycles. The van der Waals surface area contributed by atoms with Gasteiger partial charge in [-0.05, 0) is 32.3 Å². The first kappa shape index (κ1) is 16.0. The van der Waals surface area contributed by atoms with Crippen LogP contribution < -0.4 is 0 Å². The number of hydrogen-bond donors (Lipinski definition) is 1. The SMILES string of the molecule is CCCS(=O)(=O)C(C)C(=O)N1CCCC(c2ccn[nH]2)C1. The summed E-state index contributed by atoms with van der Waals surface area (Å²) in [5.74, 6) is 0.0107. The standard InChI is InChI=1S/C14H23N3O3S/c1-3-9-21(19,20)11(2)14(18)17-8-4-5-12(10-17)13-6-7-15-16-13/h6-7,11-12H,3-5,8-10H2,1-2H3,(H,15,16). The minimum absolute atomic E-state index is 0.0672. The molecule has 1 aromatic heterocycles. The van der Waals surface area contributed by atoms with Gasteiger partial charge in [-0.1, -0.05) is 6.92 Å². The Kier molecular flexibility index (Phi) is 5.03. The first-order chi connectivity index (χ1) is 9.95. The zero-order valence-electron chi connectivity index (χ0n) is 12.6. The highest BCUT2D eigenvalue weighted by Gasteiger charge is 2.33. The Morgan fingerprint density at radius 1 is 1.57 bits per heavy atom. The van der Waals surface area contributed by atoms with Crippen molar-refractivity contribution in [3.05, 3.63) is 18.0 Å². The minimum Gasteiger partial charge on any atom is -0.341 e. The molecule has 0 bridgehead atoms. The Morgan fingerprint density at radius 3 is 2.95 bits per heavy atom.